The fourth-order valence-corrected chi connectivity index (χ4v) is 4.16. The van der Waals surface area contributed by atoms with Gasteiger partial charge in [0.1, 0.15) is 10.8 Å². The van der Waals surface area contributed by atoms with Crippen LogP contribution in [0.4, 0.5) is 5.00 Å². The summed E-state index contributed by atoms with van der Waals surface area (Å²) in [5.41, 5.74) is 2.10. The van der Waals surface area contributed by atoms with E-state index in [1.807, 2.05) is 24.3 Å². The number of hydrogen-bond acceptors (Lipinski definition) is 6. The second-order valence-electron chi connectivity index (χ2n) is 8.31. The lowest BCUT2D eigenvalue weighted by molar-refractivity contribution is -0.116. The number of carbonyl (C=O) groups excluding carboxylic acids is 3. The third kappa shape index (κ3) is 6.66. The van der Waals surface area contributed by atoms with Crippen LogP contribution in [0.25, 0.3) is 0 Å². The van der Waals surface area contributed by atoms with E-state index < -0.39 is 5.97 Å². The minimum atomic E-state index is -0.541. The number of esters is 1. The zero-order valence-corrected chi connectivity index (χ0v) is 19.9. The molecule has 1 aromatic heterocycles. The predicted octanol–water partition coefficient (Wildman–Crippen LogP) is 5.53. The molecule has 2 rings (SSSR count). The molecule has 31 heavy (non-hydrogen) atoms. The summed E-state index contributed by atoms with van der Waals surface area (Å²) in [6.45, 7) is 11.9. The summed E-state index contributed by atoms with van der Waals surface area (Å²) in [5.74, 6) is -0.174. The topological polar surface area (TPSA) is 81.7 Å². The molecule has 2 aromatic rings. The van der Waals surface area contributed by atoms with Crippen LogP contribution in [0.15, 0.2) is 24.3 Å². The molecular weight excluding hydrogens is 414 g/mol. The summed E-state index contributed by atoms with van der Waals surface area (Å²) in [6.07, 6.45) is 0.750. The highest BCUT2D eigenvalue weighted by atomic mass is 32.1. The van der Waals surface area contributed by atoms with Crippen molar-refractivity contribution in [2.45, 2.75) is 59.8 Å². The second kappa shape index (κ2) is 10.6. The van der Waals surface area contributed by atoms with Crippen molar-refractivity contribution < 1.29 is 23.9 Å². The van der Waals surface area contributed by atoms with E-state index in [9.17, 15) is 14.4 Å². The summed E-state index contributed by atoms with van der Waals surface area (Å²) in [7, 11) is 0. The van der Waals surface area contributed by atoms with Gasteiger partial charge in [0.2, 0.25) is 5.91 Å². The van der Waals surface area contributed by atoms with E-state index in [0.717, 1.165) is 17.1 Å². The molecule has 6 nitrogen and oxygen atoms in total. The molecule has 0 spiro atoms. The van der Waals surface area contributed by atoms with E-state index in [2.05, 4.69) is 26.1 Å². The normalized spacial score (nSPS) is 11.2. The summed E-state index contributed by atoms with van der Waals surface area (Å²) < 4.78 is 10.8. The lowest BCUT2D eigenvalue weighted by atomic mass is 9.87. The standard InChI is InChI=1S/C24H31NO5S/c1-7-29-23(28)20-15(2)21(16(3)26)31-22(20)25-19(27)9-8-14-30-18-12-10-17(11-13-18)24(4,5)6/h10-13H,7-9,14H2,1-6H3,(H,25,27). The SMILES string of the molecule is CCOC(=O)c1c(NC(=O)CCCOc2ccc(C(C)(C)C)cc2)sc(C(C)=O)c1C. The molecule has 0 atom stereocenters. The Labute approximate surface area is 187 Å². The molecule has 1 amide bonds. The van der Waals surface area contributed by atoms with Gasteiger partial charge in [0.25, 0.3) is 0 Å². The highest BCUT2D eigenvalue weighted by Crippen LogP contribution is 2.34. The number of carbonyl (C=O) groups is 3. The van der Waals surface area contributed by atoms with Gasteiger partial charge in [-0.15, -0.1) is 11.3 Å². The fourth-order valence-electron chi connectivity index (χ4n) is 3.05. The average Bonchev–Trinajstić information content (AvgIpc) is 3.01. The third-order valence-corrected chi connectivity index (χ3v) is 6.04. The lowest BCUT2D eigenvalue weighted by Gasteiger charge is -2.19. The van der Waals surface area contributed by atoms with Crippen LogP contribution < -0.4 is 10.1 Å². The zero-order valence-electron chi connectivity index (χ0n) is 19.1. The van der Waals surface area contributed by atoms with Gasteiger partial charge in [-0.25, -0.2) is 4.79 Å². The molecule has 168 valence electrons. The average molecular weight is 446 g/mol. The Hall–Kier alpha value is -2.67. The Kier molecular flexibility index (Phi) is 8.39. The van der Waals surface area contributed by atoms with Crippen LogP contribution in [-0.4, -0.2) is 30.9 Å². The van der Waals surface area contributed by atoms with E-state index in [1.165, 1.54) is 12.5 Å². The van der Waals surface area contributed by atoms with Crippen LogP contribution in [0.2, 0.25) is 0 Å². The van der Waals surface area contributed by atoms with Gasteiger partial charge in [0.05, 0.1) is 23.7 Å². The molecule has 1 N–H and O–H groups in total. The molecule has 0 fully saturated rings. The van der Waals surface area contributed by atoms with Gasteiger partial charge < -0.3 is 14.8 Å². The summed E-state index contributed by atoms with van der Waals surface area (Å²) in [6, 6.07) is 7.96. The van der Waals surface area contributed by atoms with Crippen LogP contribution in [0, 0.1) is 6.92 Å². The van der Waals surface area contributed by atoms with Gasteiger partial charge in [-0.1, -0.05) is 32.9 Å². The van der Waals surface area contributed by atoms with Crippen molar-refractivity contribution in [2.75, 3.05) is 18.5 Å². The molecule has 0 radical (unpaired) electrons. The molecule has 0 aliphatic rings. The van der Waals surface area contributed by atoms with Gasteiger partial charge in [0, 0.05) is 6.42 Å². The minimum Gasteiger partial charge on any atom is -0.494 e. The van der Waals surface area contributed by atoms with Crippen molar-refractivity contribution in [1.82, 2.24) is 0 Å². The second-order valence-corrected chi connectivity index (χ2v) is 9.33. The zero-order chi connectivity index (χ0) is 23.2. The molecular formula is C24H31NO5S. The number of hydrogen-bond donors (Lipinski definition) is 1. The van der Waals surface area contributed by atoms with Crippen LogP contribution in [0.1, 0.15) is 78.6 Å². The number of ketones is 1. The Morgan fingerprint density at radius 3 is 2.29 bits per heavy atom. The van der Waals surface area contributed by atoms with Gasteiger partial charge in [0.15, 0.2) is 5.78 Å². The number of nitrogens with one attached hydrogen (secondary N) is 1. The van der Waals surface area contributed by atoms with Crippen molar-refractivity contribution in [3.05, 3.63) is 45.8 Å². The van der Waals surface area contributed by atoms with E-state index in [1.54, 1.807) is 13.8 Å². The van der Waals surface area contributed by atoms with Crippen molar-refractivity contribution in [1.29, 1.82) is 0 Å². The van der Waals surface area contributed by atoms with Gasteiger partial charge in [-0.05, 0) is 55.9 Å². The van der Waals surface area contributed by atoms with Crippen molar-refractivity contribution in [3.8, 4) is 5.75 Å². The summed E-state index contributed by atoms with van der Waals surface area (Å²) >= 11 is 1.10. The molecule has 0 saturated heterocycles. The first-order valence-corrected chi connectivity index (χ1v) is 11.2. The van der Waals surface area contributed by atoms with Gasteiger partial charge >= 0.3 is 5.97 Å². The summed E-state index contributed by atoms with van der Waals surface area (Å²) in [4.78, 5) is 37.0. The molecule has 1 aromatic carbocycles. The number of Topliss-reactive ketones (excluding diaryl/α,β-unsaturated/α-hetero) is 1. The molecule has 0 aliphatic carbocycles. The first-order valence-electron chi connectivity index (χ1n) is 10.4. The van der Waals surface area contributed by atoms with Crippen LogP contribution in [0.5, 0.6) is 5.75 Å². The van der Waals surface area contributed by atoms with Gasteiger partial charge in [-0.2, -0.15) is 0 Å². The number of thiophene rings is 1. The lowest BCUT2D eigenvalue weighted by Crippen LogP contribution is -2.15. The first-order chi connectivity index (χ1) is 14.5. The Balaban J connectivity index is 1.93. The number of rotatable bonds is 9. The quantitative estimate of drug-likeness (QED) is 0.312. The number of ether oxygens (including phenoxy) is 2. The molecule has 0 bridgehead atoms. The van der Waals surface area contributed by atoms with Crippen molar-refractivity contribution in [2.24, 2.45) is 0 Å². The molecule has 7 heteroatoms. The monoisotopic (exact) mass is 445 g/mol. The molecule has 0 aliphatic heterocycles. The van der Waals surface area contributed by atoms with Crippen molar-refractivity contribution >= 4 is 34.0 Å². The maximum atomic E-state index is 12.4. The fraction of sp³-hybridized carbons (Fsp3) is 0.458. The van der Waals surface area contributed by atoms with Crippen LogP contribution in [-0.2, 0) is 14.9 Å². The van der Waals surface area contributed by atoms with E-state index in [-0.39, 0.29) is 35.7 Å². The highest BCUT2D eigenvalue weighted by molar-refractivity contribution is 7.18. The Bertz CT molecular complexity index is 938. The largest absolute Gasteiger partial charge is 0.494 e. The third-order valence-electron chi connectivity index (χ3n) is 4.74. The smallest absolute Gasteiger partial charge is 0.341 e. The van der Waals surface area contributed by atoms with E-state index in [0.29, 0.717) is 28.5 Å². The first kappa shape index (κ1) is 24.6. The van der Waals surface area contributed by atoms with Crippen molar-refractivity contribution in [3.63, 3.8) is 0 Å². The maximum Gasteiger partial charge on any atom is 0.341 e. The molecule has 0 unspecified atom stereocenters. The Morgan fingerprint density at radius 1 is 1.10 bits per heavy atom. The highest BCUT2D eigenvalue weighted by Gasteiger charge is 2.25. The van der Waals surface area contributed by atoms with Crippen LogP contribution >= 0.6 is 11.3 Å². The minimum absolute atomic E-state index is 0.0847. The van der Waals surface area contributed by atoms with E-state index in [4.69, 9.17) is 9.47 Å². The van der Waals surface area contributed by atoms with Crippen LogP contribution in [0.3, 0.4) is 0 Å². The Morgan fingerprint density at radius 2 is 1.74 bits per heavy atom. The number of amides is 1. The summed E-state index contributed by atoms with van der Waals surface area (Å²) in [5, 5.41) is 3.11. The van der Waals surface area contributed by atoms with Gasteiger partial charge in [-0.3, -0.25) is 9.59 Å². The molecule has 1 heterocycles. The number of anilines is 1. The molecule has 0 saturated carbocycles. The van der Waals surface area contributed by atoms with E-state index >= 15 is 0 Å². The predicted molar refractivity (Wildman–Crippen MR) is 124 cm³/mol. The number of benzene rings is 1. The maximum absolute atomic E-state index is 12.4.